The summed E-state index contributed by atoms with van der Waals surface area (Å²) in [5.74, 6) is 0.561. The minimum Gasteiger partial charge on any atom is -0.353 e. The molecule has 0 spiro atoms. The van der Waals surface area contributed by atoms with Crippen LogP contribution in [0.25, 0.3) is 0 Å². The summed E-state index contributed by atoms with van der Waals surface area (Å²) in [5.41, 5.74) is 0. The molecule has 0 aliphatic rings. The van der Waals surface area contributed by atoms with E-state index in [1.54, 1.807) is 18.6 Å². The monoisotopic (exact) mass is 277 g/mol. The topological polar surface area (TPSA) is 54.9 Å². The average Bonchev–Trinajstić information content (AvgIpc) is 2.16. The lowest BCUT2D eigenvalue weighted by Gasteiger charge is -2.09. The Morgan fingerprint density at radius 2 is 2.14 bits per heavy atom. The van der Waals surface area contributed by atoms with Gasteiger partial charge >= 0.3 is 0 Å². The number of halogens is 1. The molecule has 14 heavy (non-hydrogen) atoms. The Morgan fingerprint density at radius 3 is 2.64 bits per heavy atom. The smallest absolute Gasteiger partial charge is 0.222 e. The van der Waals surface area contributed by atoms with Gasteiger partial charge < -0.3 is 5.32 Å². The Bertz CT molecular complexity index is 317. The summed E-state index contributed by atoms with van der Waals surface area (Å²) >= 11 is 3.25. The molecule has 2 unspecified atom stereocenters. The first-order valence-corrected chi connectivity index (χ1v) is 6.54. The van der Waals surface area contributed by atoms with Crippen molar-refractivity contribution in [2.75, 3.05) is 18.1 Å². The van der Waals surface area contributed by atoms with E-state index in [-0.39, 0.29) is 5.25 Å². The van der Waals surface area contributed by atoms with Crippen LogP contribution in [0.4, 0.5) is 5.95 Å². The zero-order valence-corrected chi connectivity index (χ0v) is 10.4. The van der Waals surface area contributed by atoms with E-state index >= 15 is 0 Å². The van der Waals surface area contributed by atoms with Crippen molar-refractivity contribution in [3.63, 3.8) is 0 Å². The van der Waals surface area contributed by atoms with Gasteiger partial charge in [0.2, 0.25) is 5.95 Å². The van der Waals surface area contributed by atoms with Crippen LogP contribution in [0, 0.1) is 0 Å². The highest BCUT2D eigenvalue weighted by Gasteiger charge is 2.05. The van der Waals surface area contributed by atoms with Crippen molar-refractivity contribution < 1.29 is 4.21 Å². The lowest BCUT2D eigenvalue weighted by Crippen LogP contribution is -2.21. The molecular formula is C8H12BrN3OS. The van der Waals surface area contributed by atoms with Crippen molar-refractivity contribution in [3.8, 4) is 0 Å². The van der Waals surface area contributed by atoms with Crippen LogP contribution in [0.2, 0.25) is 0 Å². The Labute approximate surface area is 94.1 Å². The van der Waals surface area contributed by atoms with Crippen LogP contribution in [0.15, 0.2) is 16.9 Å². The van der Waals surface area contributed by atoms with Crippen LogP contribution >= 0.6 is 15.9 Å². The van der Waals surface area contributed by atoms with Crippen molar-refractivity contribution in [2.24, 2.45) is 0 Å². The summed E-state index contributed by atoms with van der Waals surface area (Å²) < 4.78 is 11.9. The van der Waals surface area contributed by atoms with Gasteiger partial charge in [0.25, 0.3) is 0 Å². The van der Waals surface area contributed by atoms with Gasteiger partial charge in [0.05, 0.1) is 4.47 Å². The van der Waals surface area contributed by atoms with Crippen molar-refractivity contribution in [2.45, 2.75) is 12.2 Å². The number of nitrogens with one attached hydrogen (secondary N) is 1. The van der Waals surface area contributed by atoms with E-state index < -0.39 is 10.8 Å². The van der Waals surface area contributed by atoms with Gasteiger partial charge in [0.15, 0.2) is 0 Å². The predicted molar refractivity (Wildman–Crippen MR) is 61.8 cm³/mol. The Hall–Kier alpha value is -0.490. The summed E-state index contributed by atoms with van der Waals surface area (Å²) in [7, 11) is -0.816. The molecule has 0 amide bonds. The van der Waals surface area contributed by atoms with Crippen molar-refractivity contribution in [1.82, 2.24) is 9.97 Å². The molecule has 1 aromatic rings. The maximum Gasteiger partial charge on any atom is 0.222 e. The molecule has 0 fully saturated rings. The molecule has 4 nitrogen and oxygen atoms in total. The molecule has 0 saturated carbocycles. The largest absolute Gasteiger partial charge is 0.353 e. The zero-order chi connectivity index (χ0) is 10.6. The first kappa shape index (κ1) is 11.6. The Kier molecular flexibility index (Phi) is 4.47. The fourth-order valence-corrected chi connectivity index (χ4v) is 1.28. The molecule has 1 rings (SSSR count). The van der Waals surface area contributed by atoms with Gasteiger partial charge in [-0.1, -0.05) is 0 Å². The van der Waals surface area contributed by atoms with Gasteiger partial charge in [-0.3, -0.25) is 4.21 Å². The highest BCUT2D eigenvalue weighted by molar-refractivity contribution is 9.10. The first-order chi connectivity index (χ1) is 6.59. The van der Waals surface area contributed by atoms with E-state index in [4.69, 9.17) is 0 Å². The number of nitrogens with zero attached hydrogens (tertiary/aromatic N) is 2. The fourth-order valence-electron chi connectivity index (χ4n) is 0.756. The second-order valence-electron chi connectivity index (χ2n) is 2.92. The van der Waals surface area contributed by atoms with Gasteiger partial charge in [-0.05, 0) is 22.9 Å². The fraction of sp³-hybridized carbons (Fsp3) is 0.500. The lowest BCUT2D eigenvalue weighted by atomic mass is 10.5. The minimum absolute atomic E-state index is 0.0993. The second-order valence-corrected chi connectivity index (χ2v) is 5.63. The highest BCUT2D eigenvalue weighted by atomic mass is 79.9. The zero-order valence-electron chi connectivity index (χ0n) is 8.03. The molecular weight excluding hydrogens is 266 g/mol. The van der Waals surface area contributed by atoms with E-state index in [2.05, 4.69) is 31.2 Å². The third kappa shape index (κ3) is 3.71. The standard InChI is InChI=1S/C8H12BrN3OS/c1-6(14(2)13)3-10-8-11-4-7(9)5-12-8/h4-6H,3H2,1-2H3,(H,10,11,12). The maximum absolute atomic E-state index is 11.0. The quantitative estimate of drug-likeness (QED) is 0.905. The van der Waals surface area contributed by atoms with Crippen LogP contribution in [-0.2, 0) is 10.8 Å². The molecule has 0 saturated heterocycles. The lowest BCUT2D eigenvalue weighted by molar-refractivity contribution is 0.678. The van der Waals surface area contributed by atoms with Gasteiger partial charge in [0, 0.05) is 41.2 Å². The normalized spacial score (nSPS) is 14.8. The van der Waals surface area contributed by atoms with E-state index in [0.717, 1.165) is 4.47 Å². The molecule has 6 heteroatoms. The van der Waals surface area contributed by atoms with E-state index in [1.807, 2.05) is 6.92 Å². The second kappa shape index (κ2) is 5.41. The van der Waals surface area contributed by atoms with Gasteiger partial charge in [-0.15, -0.1) is 0 Å². The summed E-state index contributed by atoms with van der Waals surface area (Å²) in [5, 5.41) is 3.12. The van der Waals surface area contributed by atoms with Gasteiger partial charge in [0.1, 0.15) is 0 Å². The average molecular weight is 278 g/mol. The van der Waals surface area contributed by atoms with Crippen molar-refractivity contribution in [1.29, 1.82) is 0 Å². The van der Waals surface area contributed by atoms with E-state index in [1.165, 1.54) is 0 Å². The third-order valence-electron chi connectivity index (χ3n) is 1.73. The van der Waals surface area contributed by atoms with Crippen molar-refractivity contribution >= 4 is 32.7 Å². The first-order valence-electron chi connectivity index (χ1n) is 4.13. The number of anilines is 1. The van der Waals surface area contributed by atoms with Crippen LogP contribution < -0.4 is 5.32 Å². The number of hydrogen-bond donors (Lipinski definition) is 1. The molecule has 2 atom stereocenters. The summed E-state index contributed by atoms with van der Waals surface area (Å²) in [6, 6.07) is 0. The van der Waals surface area contributed by atoms with Gasteiger partial charge in [-0.2, -0.15) is 0 Å². The number of aromatic nitrogens is 2. The molecule has 1 aromatic heterocycles. The third-order valence-corrected chi connectivity index (χ3v) is 3.44. The Balaban J connectivity index is 2.46. The van der Waals surface area contributed by atoms with Gasteiger partial charge in [-0.25, -0.2) is 9.97 Å². The van der Waals surface area contributed by atoms with E-state index in [0.29, 0.717) is 12.5 Å². The molecule has 0 bridgehead atoms. The minimum atomic E-state index is -0.816. The summed E-state index contributed by atoms with van der Waals surface area (Å²) in [4.78, 5) is 8.08. The van der Waals surface area contributed by atoms with Crippen LogP contribution in [-0.4, -0.2) is 32.2 Å². The number of hydrogen-bond acceptors (Lipinski definition) is 4. The predicted octanol–water partition coefficient (Wildman–Crippen LogP) is 1.42. The highest BCUT2D eigenvalue weighted by Crippen LogP contribution is 2.06. The van der Waals surface area contributed by atoms with Crippen LogP contribution in [0.3, 0.4) is 0 Å². The molecule has 1 heterocycles. The Morgan fingerprint density at radius 1 is 1.57 bits per heavy atom. The number of rotatable bonds is 4. The molecule has 0 radical (unpaired) electrons. The van der Waals surface area contributed by atoms with Crippen LogP contribution in [0.1, 0.15) is 6.92 Å². The molecule has 0 aliphatic heterocycles. The summed E-state index contributed by atoms with van der Waals surface area (Å²) in [6.45, 7) is 2.53. The maximum atomic E-state index is 11.0. The molecule has 78 valence electrons. The molecule has 1 N–H and O–H groups in total. The molecule has 0 aliphatic carbocycles. The summed E-state index contributed by atoms with van der Waals surface area (Å²) in [6.07, 6.45) is 5.03. The van der Waals surface area contributed by atoms with Crippen LogP contribution in [0.5, 0.6) is 0 Å². The van der Waals surface area contributed by atoms with E-state index in [9.17, 15) is 4.21 Å². The SMILES string of the molecule is CC(CNc1ncc(Br)cn1)S(C)=O. The van der Waals surface area contributed by atoms with Crippen molar-refractivity contribution in [3.05, 3.63) is 16.9 Å². The molecule has 0 aromatic carbocycles.